The van der Waals surface area contributed by atoms with E-state index in [1.807, 2.05) is 24.3 Å². The van der Waals surface area contributed by atoms with Gasteiger partial charge in [-0.2, -0.15) is 0 Å². The van der Waals surface area contributed by atoms with Crippen LogP contribution in [0.2, 0.25) is 0 Å². The number of rotatable bonds is 35. The van der Waals surface area contributed by atoms with Crippen LogP contribution in [0.15, 0.2) is 97.1 Å². The topological polar surface area (TPSA) is 170 Å². The fraction of sp³-hybridized carbons (Fsp3) is 0.500. The molecule has 2 aliphatic rings. The molecule has 15 nitrogen and oxygen atoms in total. The molecule has 0 amide bonds. The van der Waals surface area contributed by atoms with E-state index in [0.717, 1.165) is 48.8 Å². The van der Waals surface area contributed by atoms with E-state index in [4.69, 9.17) is 52.1 Å². The normalized spacial score (nSPS) is 13.3. The molecule has 6 rings (SSSR count). The van der Waals surface area contributed by atoms with Crippen molar-refractivity contribution in [3.05, 3.63) is 114 Å². The lowest BCUT2D eigenvalue weighted by Gasteiger charge is -2.22. The third-order valence-electron chi connectivity index (χ3n) is 13.1. The Balaban J connectivity index is 0.000000297. The number of hydrogen-bond acceptors (Lipinski definition) is 15. The minimum Gasteiger partial charge on any atom is -0.493 e. The highest BCUT2D eigenvalue weighted by Gasteiger charge is 2.24. The number of unbranched alkanes of at least 4 members (excludes halogenated alkanes) is 11. The Morgan fingerprint density at radius 2 is 0.852 bits per heavy atom. The minimum absolute atomic E-state index is 0.0149. The maximum absolute atomic E-state index is 14.9. The maximum atomic E-state index is 14.9. The van der Waals surface area contributed by atoms with Crippen LogP contribution in [0.25, 0.3) is 22.3 Å². The number of carbonyl (C=O) groups is 4. The van der Waals surface area contributed by atoms with Crippen molar-refractivity contribution >= 4 is 24.2 Å². The van der Waals surface area contributed by atoms with E-state index in [-0.39, 0.29) is 75.4 Å². The molecule has 17 heteroatoms. The Morgan fingerprint density at radius 3 is 1.33 bits per heavy atom. The fourth-order valence-electron chi connectivity index (χ4n) is 8.38. The molecule has 81 heavy (non-hydrogen) atoms. The van der Waals surface area contributed by atoms with Gasteiger partial charge in [-0.05, 0) is 122 Å². The molecule has 2 aliphatic heterocycles. The van der Waals surface area contributed by atoms with E-state index in [1.54, 1.807) is 50.2 Å². The molecule has 4 aromatic rings. The van der Waals surface area contributed by atoms with Crippen LogP contribution in [0, 0.1) is 23.5 Å². The molecule has 0 unspecified atom stereocenters. The fourth-order valence-corrected chi connectivity index (χ4v) is 8.38. The Bertz CT molecular complexity index is 2610. The van der Waals surface area contributed by atoms with Gasteiger partial charge in [-0.3, -0.25) is 0 Å². The van der Waals surface area contributed by atoms with E-state index in [9.17, 15) is 28.0 Å². The Kier molecular flexibility index (Phi) is 28.8. The lowest BCUT2D eigenvalue weighted by molar-refractivity contribution is -0.140. The summed E-state index contributed by atoms with van der Waals surface area (Å²) in [5, 5.41) is 0. The summed E-state index contributed by atoms with van der Waals surface area (Å²) >= 11 is 0. The summed E-state index contributed by atoms with van der Waals surface area (Å²) in [6, 6.07) is 20.9. The van der Waals surface area contributed by atoms with Crippen molar-refractivity contribution in [3.8, 4) is 51.0 Å². The average Bonchev–Trinajstić information content (AvgIpc) is 3.56. The van der Waals surface area contributed by atoms with Crippen molar-refractivity contribution in [1.29, 1.82) is 0 Å². The highest BCUT2D eigenvalue weighted by atomic mass is 19.1. The molecule has 2 saturated heterocycles. The molecule has 0 bridgehead atoms. The predicted molar refractivity (Wildman–Crippen MR) is 304 cm³/mol. The van der Waals surface area contributed by atoms with Gasteiger partial charge >= 0.3 is 24.2 Å². The lowest BCUT2D eigenvalue weighted by Crippen LogP contribution is -2.31. The van der Waals surface area contributed by atoms with Crippen LogP contribution in [0.1, 0.15) is 123 Å². The summed E-state index contributed by atoms with van der Waals surface area (Å²) in [7, 11) is 0. The van der Waals surface area contributed by atoms with Crippen LogP contribution in [-0.4, -0.2) is 96.9 Å². The van der Waals surface area contributed by atoms with Crippen molar-refractivity contribution in [2.75, 3.05) is 72.7 Å². The smallest absolute Gasteiger partial charge is 0.493 e. The predicted octanol–water partition coefficient (Wildman–Crippen LogP) is 14.7. The molecular formula is C64H82F2O15. The molecule has 2 heterocycles. The largest absolute Gasteiger partial charge is 0.508 e. The number of benzene rings is 4. The zero-order valence-electron chi connectivity index (χ0n) is 47.8. The second kappa shape index (κ2) is 36.1. The monoisotopic (exact) mass is 1130 g/mol. The second-order valence-electron chi connectivity index (χ2n) is 20.2. The number of halogens is 2. The molecule has 0 aromatic heterocycles. The van der Waals surface area contributed by atoms with E-state index >= 15 is 0 Å². The van der Waals surface area contributed by atoms with Crippen molar-refractivity contribution in [1.82, 2.24) is 0 Å². The van der Waals surface area contributed by atoms with Crippen LogP contribution >= 0.6 is 0 Å². The Morgan fingerprint density at radius 1 is 0.457 bits per heavy atom. The van der Waals surface area contributed by atoms with Crippen molar-refractivity contribution in [2.24, 2.45) is 11.8 Å². The minimum atomic E-state index is -0.694. The van der Waals surface area contributed by atoms with Crippen LogP contribution < -0.4 is 23.7 Å². The lowest BCUT2D eigenvalue weighted by atomic mass is 9.99. The van der Waals surface area contributed by atoms with E-state index < -0.39 is 30.1 Å². The molecule has 0 N–H and O–H groups in total. The zero-order chi connectivity index (χ0) is 58.2. The summed E-state index contributed by atoms with van der Waals surface area (Å²) in [4.78, 5) is 45.6. The zero-order valence-corrected chi connectivity index (χ0v) is 47.8. The second-order valence-corrected chi connectivity index (χ2v) is 20.2. The average molecular weight is 1130 g/mol. The molecule has 0 radical (unpaired) electrons. The van der Waals surface area contributed by atoms with E-state index in [1.165, 1.54) is 63.5 Å². The number of hydrogen-bond donors (Lipinski definition) is 0. The first-order valence-corrected chi connectivity index (χ1v) is 28.5. The van der Waals surface area contributed by atoms with Gasteiger partial charge in [-0.15, -0.1) is 0 Å². The number of esters is 2. The highest BCUT2D eigenvalue weighted by molar-refractivity contribution is 5.87. The van der Waals surface area contributed by atoms with Gasteiger partial charge in [-0.25, -0.2) is 28.0 Å². The van der Waals surface area contributed by atoms with Crippen molar-refractivity contribution in [2.45, 2.75) is 124 Å². The molecule has 4 aromatic carbocycles. The van der Waals surface area contributed by atoms with Crippen LogP contribution in [-0.2, 0) is 44.4 Å². The van der Waals surface area contributed by atoms with E-state index in [0.29, 0.717) is 78.8 Å². The van der Waals surface area contributed by atoms with Gasteiger partial charge in [-0.1, -0.05) is 115 Å². The summed E-state index contributed by atoms with van der Waals surface area (Å²) in [6.45, 7) is 17.5. The molecular weight excluding hydrogens is 1050 g/mol. The summed E-state index contributed by atoms with van der Waals surface area (Å²) in [5.41, 5.74) is 4.56. The van der Waals surface area contributed by atoms with Gasteiger partial charge in [0.15, 0.2) is 34.6 Å². The van der Waals surface area contributed by atoms with Gasteiger partial charge in [0.1, 0.15) is 45.4 Å². The van der Waals surface area contributed by atoms with Gasteiger partial charge < -0.3 is 52.1 Å². The molecule has 0 saturated carbocycles. The van der Waals surface area contributed by atoms with Gasteiger partial charge in [0.2, 0.25) is 0 Å². The summed E-state index contributed by atoms with van der Waals surface area (Å²) in [6.07, 6.45) is 14.4. The summed E-state index contributed by atoms with van der Waals surface area (Å²) in [5.74, 6) is 0.0795. The summed E-state index contributed by atoms with van der Waals surface area (Å²) < 4.78 is 89.1. The molecule has 0 spiro atoms. The Labute approximate surface area is 476 Å². The molecule has 442 valence electrons. The number of carbonyl (C=O) groups excluding carboxylic acids is 4. The van der Waals surface area contributed by atoms with Crippen LogP contribution in [0.3, 0.4) is 0 Å². The SMILES string of the molecule is C=C(C)C(=O)OCCCCc1cc(-c2ccc(OCCCCCCCC)c(F)c2)ccc1OCC1COC(=O)OC1.C=C(C)C(=O)OCCOc1cc(-c2ccc(OCCCCCCCC)c(F)c2)ccc1OCC1COC(=O)OC1. The van der Waals surface area contributed by atoms with Gasteiger partial charge in [0.05, 0.1) is 44.9 Å². The van der Waals surface area contributed by atoms with Crippen molar-refractivity contribution < 1.29 is 80.1 Å². The third kappa shape index (κ3) is 23.7. The first-order chi connectivity index (χ1) is 39.2. The first kappa shape index (κ1) is 64.5. The standard InChI is InChI=1S/C33H43FO7.C31H39FO8/c1-4-5-6-7-8-10-17-37-31-16-14-27(20-29(31)34)26-13-15-30(39-21-25-22-40-33(36)41-23-25)28(19-26)12-9-11-18-38-32(35)24(2)3;1-4-5-6-7-8-9-14-35-27-12-10-24(17-26(27)32)25-11-13-28(38-19-23-20-39-31(34)40-21-23)29(18-25)36-15-16-37-30(33)22(2)3/h13-16,19-20,25H,2,4-12,17-18,21-23H2,1,3H3;10-13,17-18,23H,2,4-9,14-16,19-21H2,1,3H3. The van der Waals surface area contributed by atoms with Gasteiger partial charge in [0, 0.05) is 11.1 Å². The van der Waals surface area contributed by atoms with E-state index in [2.05, 4.69) is 27.0 Å². The first-order valence-electron chi connectivity index (χ1n) is 28.5. The van der Waals surface area contributed by atoms with Crippen LogP contribution in [0.5, 0.6) is 28.7 Å². The molecule has 0 aliphatic carbocycles. The van der Waals surface area contributed by atoms with Gasteiger partial charge in [0.25, 0.3) is 0 Å². The molecule has 0 atom stereocenters. The number of aryl methyl sites for hydroxylation is 1. The van der Waals surface area contributed by atoms with Crippen LogP contribution in [0.4, 0.5) is 18.4 Å². The highest BCUT2D eigenvalue weighted by Crippen LogP contribution is 2.36. The number of ether oxygens (including phenoxy) is 11. The third-order valence-corrected chi connectivity index (χ3v) is 13.1. The van der Waals surface area contributed by atoms with Crippen molar-refractivity contribution in [3.63, 3.8) is 0 Å². The maximum Gasteiger partial charge on any atom is 0.508 e. The molecule has 2 fully saturated rings. The Hall–Kier alpha value is -7.30. The quantitative estimate of drug-likeness (QED) is 0.0184. The number of cyclic esters (lactones) is 4.